The van der Waals surface area contributed by atoms with Gasteiger partial charge in [-0.1, -0.05) is 42.5 Å². The van der Waals surface area contributed by atoms with Crippen LogP contribution >= 0.6 is 11.8 Å². The molecule has 1 amide bonds. The summed E-state index contributed by atoms with van der Waals surface area (Å²) in [5, 5.41) is 2.81. The van der Waals surface area contributed by atoms with Crippen molar-refractivity contribution in [3.63, 3.8) is 0 Å². The number of ether oxygens (including phenoxy) is 1. The smallest absolute Gasteiger partial charge is 0.339 e. The zero-order valence-electron chi connectivity index (χ0n) is 13.1. The molecule has 0 spiro atoms. The molecule has 1 atom stereocenters. The number of hydrogen-bond donors (Lipinski definition) is 1. The van der Waals surface area contributed by atoms with E-state index < -0.39 is 5.97 Å². The van der Waals surface area contributed by atoms with E-state index in [1.54, 1.807) is 12.1 Å². The average Bonchev–Trinajstić information content (AvgIpc) is 2.60. The Bertz CT molecular complexity index is 673. The molecule has 0 fully saturated rings. The summed E-state index contributed by atoms with van der Waals surface area (Å²) in [7, 11) is 0. The van der Waals surface area contributed by atoms with Crippen LogP contribution in [0, 0.1) is 0 Å². The molecular weight excluding hydrogens is 310 g/mol. The number of nitrogens with one attached hydrogen (secondary N) is 1. The van der Waals surface area contributed by atoms with E-state index in [0.717, 1.165) is 10.5 Å². The predicted octanol–water partition coefficient (Wildman–Crippen LogP) is 3.44. The molecule has 0 aliphatic heterocycles. The first-order chi connectivity index (χ1) is 11.1. The van der Waals surface area contributed by atoms with E-state index in [-0.39, 0.29) is 18.6 Å². The third-order valence-corrected chi connectivity index (χ3v) is 4.13. The molecule has 1 N–H and O–H groups in total. The normalized spacial score (nSPS) is 11.6. The molecule has 0 aliphatic carbocycles. The molecule has 4 nitrogen and oxygen atoms in total. The van der Waals surface area contributed by atoms with Crippen LogP contribution < -0.4 is 5.32 Å². The lowest BCUT2D eigenvalue weighted by molar-refractivity contribution is -0.124. The van der Waals surface area contributed by atoms with Gasteiger partial charge in [0, 0.05) is 4.90 Å². The first kappa shape index (κ1) is 17.1. The zero-order valence-corrected chi connectivity index (χ0v) is 13.9. The Kier molecular flexibility index (Phi) is 6.23. The van der Waals surface area contributed by atoms with Gasteiger partial charge in [0.15, 0.2) is 6.61 Å². The highest BCUT2D eigenvalue weighted by atomic mass is 32.2. The van der Waals surface area contributed by atoms with Crippen LogP contribution in [0.2, 0.25) is 0 Å². The van der Waals surface area contributed by atoms with Gasteiger partial charge in [0.1, 0.15) is 0 Å². The fourth-order valence-corrected chi connectivity index (χ4v) is 2.72. The summed E-state index contributed by atoms with van der Waals surface area (Å²) in [5.74, 6) is -0.811. The topological polar surface area (TPSA) is 55.4 Å². The maximum atomic E-state index is 12.1. The maximum absolute atomic E-state index is 12.1. The average molecular weight is 329 g/mol. The van der Waals surface area contributed by atoms with Crippen molar-refractivity contribution in [2.75, 3.05) is 12.9 Å². The van der Waals surface area contributed by atoms with Crippen LogP contribution in [0.3, 0.4) is 0 Å². The molecule has 0 aliphatic rings. The summed E-state index contributed by atoms with van der Waals surface area (Å²) in [5.41, 5.74) is 1.48. The number of carbonyl (C=O) groups excluding carboxylic acids is 2. The van der Waals surface area contributed by atoms with E-state index in [2.05, 4.69) is 5.32 Å². The van der Waals surface area contributed by atoms with Crippen molar-refractivity contribution in [3.05, 3.63) is 65.7 Å². The summed E-state index contributed by atoms with van der Waals surface area (Å²) in [6, 6.07) is 16.7. The Hall–Kier alpha value is -2.27. The van der Waals surface area contributed by atoms with Crippen LogP contribution in [0.1, 0.15) is 28.9 Å². The van der Waals surface area contributed by atoms with Crippen molar-refractivity contribution < 1.29 is 14.3 Å². The Morgan fingerprint density at radius 3 is 2.43 bits per heavy atom. The van der Waals surface area contributed by atoms with Gasteiger partial charge in [-0.2, -0.15) is 0 Å². The highest BCUT2D eigenvalue weighted by Gasteiger charge is 2.15. The molecule has 2 aromatic rings. The number of carbonyl (C=O) groups is 2. The van der Waals surface area contributed by atoms with Crippen LogP contribution in [-0.4, -0.2) is 24.7 Å². The standard InChI is InChI=1S/C18H19NO3S/c1-13(14-8-4-3-5-9-14)19-17(20)12-22-18(21)15-10-6-7-11-16(15)23-2/h3-11,13H,12H2,1-2H3,(H,19,20). The maximum Gasteiger partial charge on any atom is 0.339 e. The van der Waals surface area contributed by atoms with E-state index >= 15 is 0 Å². The number of esters is 1. The predicted molar refractivity (Wildman–Crippen MR) is 91.5 cm³/mol. The van der Waals surface area contributed by atoms with E-state index in [4.69, 9.17) is 4.74 Å². The molecule has 1 unspecified atom stereocenters. The van der Waals surface area contributed by atoms with Gasteiger partial charge in [0.2, 0.25) is 0 Å². The molecule has 23 heavy (non-hydrogen) atoms. The molecule has 0 heterocycles. The van der Waals surface area contributed by atoms with Crippen molar-refractivity contribution in [1.29, 1.82) is 0 Å². The molecule has 0 radical (unpaired) electrons. The van der Waals surface area contributed by atoms with Crippen LogP contribution in [0.5, 0.6) is 0 Å². The molecular formula is C18H19NO3S. The first-order valence-electron chi connectivity index (χ1n) is 7.26. The van der Waals surface area contributed by atoms with Crippen molar-refractivity contribution in [2.24, 2.45) is 0 Å². The van der Waals surface area contributed by atoms with Crippen LogP contribution in [0.4, 0.5) is 0 Å². The number of hydrogen-bond acceptors (Lipinski definition) is 4. The van der Waals surface area contributed by atoms with E-state index in [0.29, 0.717) is 5.56 Å². The molecule has 0 saturated heterocycles. The van der Waals surface area contributed by atoms with Gasteiger partial charge < -0.3 is 10.1 Å². The highest BCUT2D eigenvalue weighted by molar-refractivity contribution is 7.98. The third kappa shape index (κ3) is 4.86. The Morgan fingerprint density at radius 1 is 1.09 bits per heavy atom. The van der Waals surface area contributed by atoms with Gasteiger partial charge >= 0.3 is 5.97 Å². The molecule has 0 saturated carbocycles. The van der Waals surface area contributed by atoms with Gasteiger partial charge in [-0.3, -0.25) is 4.79 Å². The monoisotopic (exact) mass is 329 g/mol. The largest absolute Gasteiger partial charge is 0.452 e. The summed E-state index contributed by atoms with van der Waals surface area (Å²) in [4.78, 5) is 24.8. The van der Waals surface area contributed by atoms with Crippen LogP contribution in [-0.2, 0) is 9.53 Å². The fourth-order valence-electron chi connectivity index (χ4n) is 2.13. The van der Waals surface area contributed by atoms with Crippen molar-refractivity contribution >= 4 is 23.6 Å². The molecule has 5 heteroatoms. The second-order valence-corrected chi connectivity index (χ2v) is 5.82. The van der Waals surface area contributed by atoms with Crippen molar-refractivity contribution in [3.8, 4) is 0 Å². The number of benzene rings is 2. The minimum atomic E-state index is -0.488. The Balaban J connectivity index is 1.88. The lowest BCUT2D eigenvalue weighted by atomic mass is 10.1. The summed E-state index contributed by atoms with van der Waals surface area (Å²) in [6.45, 7) is 1.59. The number of rotatable bonds is 6. The number of thioether (sulfide) groups is 1. The van der Waals surface area contributed by atoms with Crippen molar-refractivity contribution in [1.82, 2.24) is 5.32 Å². The summed E-state index contributed by atoms with van der Waals surface area (Å²) >= 11 is 1.46. The summed E-state index contributed by atoms with van der Waals surface area (Å²) < 4.78 is 5.10. The van der Waals surface area contributed by atoms with Crippen molar-refractivity contribution in [2.45, 2.75) is 17.9 Å². The van der Waals surface area contributed by atoms with Crippen LogP contribution in [0.15, 0.2) is 59.5 Å². The molecule has 120 valence electrons. The lowest BCUT2D eigenvalue weighted by Gasteiger charge is -2.14. The van der Waals surface area contributed by atoms with Crippen LogP contribution in [0.25, 0.3) is 0 Å². The SMILES string of the molecule is CSc1ccccc1C(=O)OCC(=O)NC(C)c1ccccc1. The van der Waals surface area contributed by atoms with Gasteiger partial charge in [0.25, 0.3) is 5.91 Å². The minimum Gasteiger partial charge on any atom is -0.452 e. The second-order valence-electron chi connectivity index (χ2n) is 4.98. The highest BCUT2D eigenvalue weighted by Crippen LogP contribution is 2.20. The second kappa shape index (κ2) is 8.39. The minimum absolute atomic E-state index is 0.138. The van der Waals surface area contributed by atoms with E-state index in [1.165, 1.54) is 11.8 Å². The van der Waals surface area contributed by atoms with Gasteiger partial charge in [-0.25, -0.2) is 4.79 Å². The lowest BCUT2D eigenvalue weighted by Crippen LogP contribution is -2.31. The van der Waals surface area contributed by atoms with E-state index in [1.807, 2.05) is 55.6 Å². The third-order valence-electron chi connectivity index (χ3n) is 3.34. The molecule has 0 aromatic heterocycles. The molecule has 2 rings (SSSR count). The van der Waals surface area contributed by atoms with Gasteiger partial charge in [-0.05, 0) is 30.9 Å². The summed E-state index contributed by atoms with van der Waals surface area (Å²) in [6.07, 6.45) is 1.89. The van der Waals surface area contributed by atoms with Gasteiger partial charge in [0.05, 0.1) is 11.6 Å². The van der Waals surface area contributed by atoms with Gasteiger partial charge in [-0.15, -0.1) is 11.8 Å². The first-order valence-corrected chi connectivity index (χ1v) is 8.48. The fraction of sp³-hybridized carbons (Fsp3) is 0.222. The zero-order chi connectivity index (χ0) is 16.7. The Labute approximate surface area is 140 Å². The quantitative estimate of drug-likeness (QED) is 0.651. The molecule has 2 aromatic carbocycles. The number of amides is 1. The molecule has 0 bridgehead atoms. The Morgan fingerprint density at radius 2 is 1.74 bits per heavy atom. The van der Waals surface area contributed by atoms with E-state index in [9.17, 15) is 9.59 Å².